The molecular weight excluding hydrogens is 2190 g/mol. The van der Waals surface area contributed by atoms with E-state index in [4.69, 9.17) is 80.8 Å². The third-order valence-electron chi connectivity index (χ3n) is 22.3. The van der Waals surface area contributed by atoms with Crippen LogP contribution in [-0.4, -0.2) is 207 Å². The number of nitrogen functional groups attached to an aromatic ring is 4. The fourth-order valence-corrected chi connectivity index (χ4v) is 22.5. The van der Waals surface area contributed by atoms with Crippen molar-refractivity contribution in [2.45, 2.75) is 173 Å². The van der Waals surface area contributed by atoms with Crippen LogP contribution in [0.5, 0.6) is 46.0 Å². The molecule has 18 rings (SSSR count). The van der Waals surface area contributed by atoms with Gasteiger partial charge in [0.25, 0.3) is 11.8 Å². The van der Waals surface area contributed by atoms with Crippen LogP contribution in [0.3, 0.4) is 0 Å². The summed E-state index contributed by atoms with van der Waals surface area (Å²) >= 11 is 15.7. The second kappa shape index (κ2) is 43.6. The number of benzene rings is 4. The van der Waals surface area contributed by atoms with Gasteiger partial charge in [-0.1, -0.05) is 88.6 Å². The van der Waals surface area contributed by atoms with Gasteiger partial charge in [0.05, 0.1) is 22.1 Å². The Morgan fingerprint density at radius 1 is 0.423 bits per heavy atom. The molecule has 8 aromatic heterocycles. The number of rotatable bonds is 24. The van der Waals surface area contributed by atoms with Gasteiger partial charge in [-0.25, -0.2) is 39.9 Å². The lowest BCUT2D eigenvalue weighted by molar-refractivity contribution is -0.141. The monoisotopic (exact) mass is 2300 g/mol. The number of nitrogens with one attached hydrogen (secondary N) is 2. The number of anilines is 4. The predicted octanol–water partition coefficient (Wildman–Crippen LogP) is 15.5. The maximum absolute atomic E-state index is 12.1. The van der Waals surface area contributed by atoms with Crippen molar-refractivity contribution in [1.82, 2.24) is 78.6 Å². The Balaban J connectivity index is 0.000000133. The molecule has 40 heteroatoms. The maximum atomic E-state index is 12.1. The maximum Gasteiger partial charge on any atom is 0.251 e. The first-order valence-electron chi connectivity index (χ1n) is 43.3. The average Bonchev–Trinajstić information content (AvgIpc) is 1.64. The molecular formula is C90H108I4N20O12S4. The topological polar surface area (TPSA) is 406 Å². The number of ether oxygens (including phenoxy) is 8. The summed E-state index contributed by atoms with van der Waals surface area (Å²) in [5.74, 6) is 8.57. The number of halogens is 4. The number of aryl methyl sites for hydroxylation is 2. The Kier molecular flexibility index (Phi) is 32.4. The van der Waals surface area contributed by atoms with E-state index in [1.165, 1.54) is 13.8 Å². The molecule has 0 saturated carbocycles. The number of carbonyl (C=O) groups is 2. The molecule has 12 aromatic rings. The molecule has 14 heterocycles. The number of likely N-dealkylation sites (tertiary alicyclic amines) is 2. The van der Waals surface area contributed by atoms with E-state index in [9.17, 15) is 19.8 Å². The number of piperidine rings is 2. The van der Waals surface area contributed by atoms with Crippen molar-refractivity contribution in [2.24, 2.45) is 22.7 Å². The highest BCUT2D eigenvalue weighted by Gasteiger charge is 2.31. The van der Waals surface area contributed by atoms with Crippen LogP contribution in [-0.2, 0) is 35.8 Å². The number of imidazole rings is 4. The van der Waals surface area contributed by atoms with E-state index in [0.717, 1.165) is 224 Å². The van der Waals surface area contributed by atoms with Gasteiger partial charge in [-0.15, -0.1) is 0 Å². The number of aliphatic hydroxyl groups is 2. The highest BCUT2D eigenvalue weighted by atomic mass is 131. The number of hydrogen-bond acceptors (Lipinski definition) is 30. The Morgan fingerprint density at radius 3 is 0.954 bits per heavy atom. The second-order valence-corrected chi connectivity index (χ2v) is 43.2. The molecule has 2 saturated heterocycles. The first kappa shape index (κ1) is 96.6. The Morgan fingerprint density at radius 2 is 0.677 bits per heavy atom. The van der Waals surface area contributed by atoms with Crippen molar-refractivity contribution in [3.8, 4) is 46.0 Å². The molecule has 6 aliphatic rings. The van der Waals surface area contributed by atoms with Gasteiger partial charge in [0.15, 0.2) is 89.9 Å². The van der Waals surface area contributed by atoms with Gasteiger partial charge in [0.1, 0.15) is 87.1 Å². The van der Waals surface area contributed by atoms with Gasteiger partial charge in [-0.3, -0.25) is 9.59 Å². The lowest BCUT2D eigenvalue weighted by Gasteiger charge is -2.33. The Labute approximate surface area is 826 Å². The molecule has 0 bridgehead atoms. The van der Waals surface area contributed by atoms with E-state index >= 15 is 0 Å². The third kappa shape index (κ3) is 24.0. The average molecular weight is 2300 g/mol. The molecule has 2 fully saturated rings. The van der Waals surface area contributed by atoms with Crippen molar-refractivity contribution in [3.05, 3.63) is 112 Å². The molecule has 2 atom stereocenters. The quantitative estimate of drug-likeness (QED) is 0.0206. The summed E-state index contributed by atoms with van der Waals surface area (Å²) in [6.07, 6.45) is 10.7. The largest absolute Gasteiger partial charge is 0.486 e. The smallest absolute Gasteiger partial charge is 0.251 e. The second-order valence-electron chi connectivity index (χ2n) is 34.5. The van der Waals surface area contributed by atoms with E-state index in [-0.39, 0.29) is 22.6 Å². The van der Waals surface area contributed by atoms with Gasteiger partial charge >= 0.3 is 0 Å². The van der Waals surface area contributed by atoms with Gasteiger partial charge in [0, 0.05) is 137 Å². The molecule has 0 unspecified atom stereocenters. The SMILES string of the molecule is CC(C)(C)CNCCn1c(Sc2cc3c(cc2[124I])OCCO3)nc2c(N)nccc21.CC(C)(C)CNCCn1c(Sc2cc3c(cc2[131I])OCCO3)nc2c(N)nccc21.C[C@H](O)C(=O)N1CCC(CCn2c(Sc3cc4c(cc3[124I])OCCO4)nc3c(N)nccc32)CC1.C[C@H](O)C(=O)N1CCC(CCn2c(Sc3cc4c(cc3[131I])OCCO4)nc3c(N)nccc32)CC1. The molecule has 6 aliphatic heterocycles. The van der Waals surface area contributed by atoms with Crippen molar-refractivity contribution in [1.29, 1.82) is 0 Å². The summed E-state index contributed by atoms with van der Waals surface area (Å²) in [5.41, 5.74) is 31.9. The summed E-state index contributed by atoms with van der Waals surface area (Å²) in [6.45, 7) is 30.4. The van der Waals surface area contributed by atoms with Crippen molar-refractivity contribution in [2.75, 3.05) is 128 Å². The number of hydrogen-bond donors (Lipinski definition) is 8. The van der Waals surface area contributed by atoms with E-state index < -0.39 is 12.2 Å². The molecule has 0 radical (unpaired) electrons. The zero-order chi connectivity index (χ0) is 91.7. The van der Waals surface area contributed by atoms with E-state index in [0.29, 0.717) is 125 Å². The normalized spacial score (nSPS) is 15.5. The minimum atomic E-state index is -0.939. The zero-order valence-corrected chi connectivity index (χ0v) is 85.5. The number of nitrogens with two attached hydrogens (primary N) is 4. The van der Waals surface area contributed by atoms with Crippen LogP contribution in [0.15, 0.2) is 138 Å². The zero-order valence-electron chi connectivity index (χ0n) is 73.6. The van der Waals surface area contributed by atoms with Crippen molar-refractivity contribution < 1.29 is 57.7 Å². The minimum Gasteiger partial charge on any atom is -0.486 e. The van der Waals surface area contributed by atoms with Crippen LogP contribution in [0.4, 0.5) is 23.3 Å². The third-order valence-corrected chi connectivity index (χ3v) is 31.5. The number of pyridine rings is 4. The van der Waals surface area contributed by atoms with Crippen molar-refractivity contribution in [3.63, 3.8) is 0 Å². The number of nitrogens with zero attached hydrogens (tertiary/aromatic N) is 14. The molecule has 4 aromatic carbocycles. The Bertz CT molecular complexity index is 5690. The standard InChI is InChI=1S/2C24H28IN5O4S.2C21H26IN5O2S/c2*1-14(31)23(32)29-7-3-15(4-8-29)5-9-30-17-2-6-27-22(26)21(17)28-24(30)35-20-13-19-18(12-16(20)25)33-10-11-34-19;2*1-21(2,3)12-24-6-7-27-14-4-5-25-19(23)18(14)26-20(27)30-17-11-16-15(10-13(17)22)28-8-9-29-16/h2*2,6,12-15,31H,3-5,7-11H2,1H3,(H2,26,27);2*4-5,10-11,24H,6-9,12H2,1-3H3,(H2,23,25)/t2*14-;;/m00../s1/i25+4;25-3;22+4;22-3. The number of carbonyl (C=O) groups excluding carboxylic acids is 2. The van der Waals surface area contributed by atoms with Gasteiger partial charge in [-0.05, 0) is 238 Å². The molecule has 0 spiro atoms. The fraction of sp³-hybridized carbons (Fsp3) is 0.444. The van der Waals surface area contributed by atoms with Gasteiger partial charge < -0.3 is 110 Å². The lowest BCUT2D eigenvalue weighted by atomic mass is 9.93. The minimum absolute atomic E-state index is 0.181. The molecule has 2 amide bonds. The molecule has 12 N–H and O–H groups in total. The summed E-state index contributed by atoms with van der Waals surface area (Å²) in [5, 5.41) is 29.8. The number of aliphatic hydroxyl groups excluding tert-OH is 2. The number of fused-ring (bicyclic) bond motifs is 8. The highest BCUT2D eigenvalue weighted by molar-refractivity contribution is 14.1. The van der Waals surface area contributed by atoms with Gasteiger partial charge in [0.2, 0.25) is 0 Å². The summed E-state index contributed by atoms with van der Waals surface area (Å²) in [4.78, 5) is 68.2. The summed E-state index contributed by atoms with van der Waals surface area (Å²) in [7, 11) is 0. The predicted molar refractivity (Wildman–Crippen MR) is 541 cm³/mol. The summed E-state index contributed by atoms with van der Waals surface area (Å²) in [6, 6.07) is 24.0. The first-order valence-corrected chi connectivity index (χ1v) is 50.9. The van der Waals surface area contributed by atoms with E-state index in [1.807, 2.05) is 72.8 Å². The van der Waals surface area contributed by atoms with E-state index in [2.05, 4.69) is 181 Å². The van der Waals surface area contributed by atoms with Crippen LogP contribution in [0.25, 0.3) is 44.1 Å². The van der Waals surface area contributed by atoms with E-state index in [1.54, 1.807) is 81.6 Å². The molecule has 692 valence electrons. The van der Waals surface area contributed by atoms with Crippen LogP contribution in [0.1, 0.15) is 93.9 Å². The number of amides is 2. The molecule has 0 aliphatic carbocycles. The molecule has 130 heavy (non-hydrogen) atoms. The van der Waals surface area contributed by atoms with Crippen LogP contribution >= 0.6 is 137 Å². The fourth-order valence-electron chi connectivity index (χ4n) is 15.6. The Hall–Kier alpha value is -7.94. The number of aromatic nitrogens is 12. The lowest BCUT2D eigenvalue weighted by Crippen LogP contribution is -2.43. The van der Waals surface area contributed by atoms with Crippen LogP contribution < -0.4 is 71.5 Å². The first-order chi connectivity index (χ1) is 62.4. The van der Waals surface area contributed by atoms with Crippen LogP contribution in [0, 0.1) is 36.9 Å². The van der Waals surface area contributed by atoms with Gasteiger partial charge in [-0.2, -0.15) is 0 Å². The van der Waals surface area contributed by atoms with Crippen molar-refractivity contribution >= 4 is 217 Å². The van der Waals surface area contributed by atoms with Crippen LogP contribution in [0.2, 0.25) is 0 Å². The molecule has 32 nitrogen and oxygen atoms in total. The highest BCUT2D eigenvalue weighted by Crippen LogP contribution is 2.47. The summed E-state index contributed by atoms with van der Waals surface area (Å²) < 4.78 is 59.1.